The lowest BCUT2D eigenvalue weighted by atomic mass is 9.98. The second-order valence-corrected chi connectivity index (χ2v) is 3.59. The average Bonchev–Trinajstić information content (AvgIpc) is 2.83. The van der Waals surface area contributed by atoms with Gasteiger partial charge < -0.3 is 4.74 Å². The predicted molar refractivity (Wildman–Crippen MR) is 48.1 cm³/mol. The number of rotatable bonds is 5. The van der Waals surface area contributed by atoms with Crippen LogP contribution in [0.25, 0.3) is 0 Å². The van der Waals surface area contributed by atoms with Crippen LogP contribution in [-0.2, 0) is 14.3 Å². The van der Waals surface area contributed by atoms with Crippen LogP contribution in [0.4, 0.5) is 0 Å². The van der Waals surface area contributed by atoms with Crippen LogP contribution in [0.5, 0.6) is 0 Å². The van der Waals surface area contributed by atoms with Gasteiger partial charge in [0, 0.05) is 0 Å². The normalized spacial score (nSPS) is 18.0. The third-order valence-corrected chi connectivity index (χ3v) is 2.33. The highest BCUT2D eigenvalue weighted by atomic mass is 16.5. The van der Waals surface area contributed by atoms with Crippen molar-refractivity contribution in [2.45, 2.75) is 33.1 Å². The van der Waals surface area contributed by atoms with Crippen molar-refractivity contribution >= 4 is 11.8 Å². The maximum Gasteiger partial charge on any atom is 0.316 e. The van der Waals surface area contributed by atoms with Gasteiger partial charge in [0.15, 0.2) is 0 Å². The van der Waals surface area contributed by atoms with Gasteiger partial charge in [-0.15, -0.1) is 0 Å². The van der Waals surface area contributed by atoms with Gasteiger partial charge in [-0.1, -0.05) is 12.8 Å². The molecule has 1 saturated carbocycles. The molecule has 0 amide bonds. The molecule has 1 aliphatic carbocycles. The van der Waals surface area contributed by atoms with Crippen molar-refractivity contribution in [3.8, 4) is 0 Å². The smallest absolute Gasteiger partial charge is 0.316 e. The SMILES string of the molecule is CCOC(=O)C(CC1CC1)C(C)=O. The van der Waals surface area contributed by atoms with E-state index in [2.05, 4.69) is 0 Å². The van der Waals surface area contributed by atoms with Gasteiger partial charge in [-0.25, -0.2) is 0 Å². The number of ether oxygens (including phenoxy) is 1. The first-order valence-corrected chi connectivity index (χ1v) is 4.82. The van der Waals surface area contributed by atoms with Gasteiger partial charge in [-0.2, -0.15) is 0 Å². The van der Waals surface area contributed by atoms with Crippen LogP contribution in [0.2, 0.25) is 0 Å². The molecule has 1 unspecified atom stereocenters. The number of esters is 1. The van der Waals surface area contributed by atoms with E-state index in [0.29, 0.717) is 18.9 Å². The van der Waals surface area contributed by atoms with E-state index < -0.39 is 5.92 Å². The summed E-state index contributed by atoms with van der Waals surface area (Å²) in [6.07, 6.45) is 3.00. The molecule has 0 aromatic rings. The van der Waals surface area contributed by atoms with E-state index in [1.54, 1.807) is 6.92 Å². The van der Waals surface area contributed by atoms with Gasteiger partial charge in [-0.05, 0) is 26.2 Å². The molecular formula is C10H16O3. The Bertz CT molecular complexity index is 206. The summed E-state index contributed by atoms with van der Waals surface area (Å²) in [7, 11) is 0. The molecule has 3 nitrogen and oxygen atoms in total. The fourth-order valence-electron chi connectivity index (χ4n) is 1.36. The quantitative estimate of drug-likeness (QED) is 0.481. The Hall–Kier alpha value is -0.860. The highest BCUT2D eigenvalue weighted by molar-refractivity contribution is 5.97. The molecule has 1 atom stereocenters. The number of carbonyl (C=O) groups excluding carboxylic acids is 2. The van der Waals surface area contributed by atoms with E-state index in [-0.39, 0.29) is 11.8 Å². The number of ketones is 1. The maximum atomic E-state index is 11.3. The zero-order chi connectivity index (χ0) is 9.84. The van der Waals surface area contributed by atoms with Crippen LogP contribution >= 0.6 is 0 Å². The highest BCUT2D eigenvalue weighted by Crippen LogP contribution is 2.35. The Kier molecular flexibility index (Phi) is 3.46. The Morgan fingerprint density at radius 2 is 2.08 bits per heavy atom. The minimum atomic E-state index is -0.507. The summed E-state index contributed by atoms with van der Waals surface area (Å²) >= 11 is 0. The van der Waals surface area contributed by atoms with Gasteiger partial charge in [0.1, 0.15) is 11.7 Å². The molecule has 0 aliphatic heterocycles. The molecule has 13 heavy (non-hydrogen) atoms. The second kappa shape index (κ2) is 4.40. The van der Waals surface area contributed by atoms with Crippen LogP contribution in [-0.4, -0.2) is 18.4 Å². The first kappa shape index (κ1) is 10.2. The minimum Gasteiger partial charge on any atom is -0.465 e. The maximum absolute atomic E-state index is 11.3. The van der Waals surface area contributed by atoms with Crippen LogP contribution in [0.15, 0.2) is 0 Å². The van der Waals surface area contributed by atoms with Crippen molar-refractivity contribution < 1.29 is 14.3 Å². The molecular weight excluding hydrogens is 168 g/mol. The fourth-order valence-corrected chi connectivity index (χ4v) is 1.36. The fraction of sp³-hybridized carbons (Fsp3) is 0.800. The van der Waals surface area contributed by atoms with Gasteiger partial charge >= 0.3 is 5.97 Å². The molecule has 0 spiro atoms. The monoisotopic (exact) mass is 184 g/mol. The number of carbonyl (C=O) groups is 2. The molecule has 0 aromatic heterocycles. The van der Waals surface area contributed by atoms with Crippen LogP contribution in [0, 0.1) is 11.8 Å². The lowest BCUT2D eigenvalue weighted by molar-refractivity contribution is -0.151. The molecule has 0 saturated heterocycles. The van der Waals surface area contributed by atoms with Crippen LogP contribution in [0.1, 0.15) is 33.1 Å². The summed E-state index contributed by atoms with van der Waals surface area (Å²) in [6.45, 7) is 3.57. The first-order chi connectivity index (χ1) is 6.15. The first-order valence-electron chi connectivity index (χ1n) is 4.82. The van der Waals surface area contributed by atoms with Gasteiger partial charge in [0.05, 0.1) is 6.61 Å². The Balaban J connectivity index is 2.44. The summed E-state index contributed by atoms with van der Waals surface area (Å²) in [4.78, 5) is 22.4. The van der Waals surface area contributed by atoms with E-state index in [1.807, 2.05) is 0 Å². The lowest BCUT2D eigenvalue weighted by Crippen LogP contribution is -2.24. The summed E-state index contributed by atoms with van der Waals surface area (Å²) in [5.41, 5.74) is 0. The van der Waals surface area contributed by atoms with Gasteiger partial charge in [0.25, 0.3) is 0 Å². The molecule has 0 radical (unpaired) electrons. The Morgan fingerprint density at radius 3 is 2.46 bits per heavy atom. The third kappa shape index (κ3) is 3.17. The molecule has 0 heterocycles. The number of hydrogen-bond acceptors (Lipinski definition) is 3. The average molecular weight is 184 g/mol. The van der Waals surface area contributed by atoms with E-state index in [1.165, 1.54) is 6.92 Å². The van der Waals surface area contributed by atoms with E-state index in [0.717, 1.165) is 12.8 Å². The molecule has 1 rings (SSSR count). The van der Waals surface area contributed by atoms with E-state index >= 15 is 0 Å². The van der Waals surface area contributed by atoms with Gasteiger partial charge in [-0.3, -0.25) is 9.59 Å². The molecule has 0 aromatic carbocycles. The topological polar surface area (TPSA) is 43.4 Å². The highest BCUT2D eigenvalue weighted by Gasteiger charge is 2.32. The molecule has 1 fully saturated rings. The lowest BCUT2D eigenvalue weighted by Gasteiger charge is -2.11. The third-order valence-electron chi connectivity index (χ3n) is 2.33. The molecule has 0 bridgehead atoms. The van der Waals surface area contributed by atoms with E-state index in [4.69, 9.17) is 4.74 Å². The summed E-state index contributed by atoms with van der Waals surface area (Å²) < 4.78 is 4.83. The van der Waals surface area contributed by atoms with Gasteiger partial charge in [0.2, 0.25) is 0 Å². The van der Waals surface area contributed by atoms with Crippen LogP contribution < -0.4 is 0 Å². The Morgan fingerprint density at radius 1 is 1.46 bits per heavy atom. The summed E-state index contributed by atoms with van der Waals surface area (Å²) in [5.74, 6) is -0.335. The molecule has 1 aliphatic rings. The Labute approximate surface area is 78.5 Å². The predicted octanol–water partition coefficient (Wildman–Crippen LogP) is 1.55. The standard InChI is InChI=1S/C10H16O3/c1-3-13-10(12)9(7(2)11)6-8-4-5-8/h8-9H,3-6H2,1-2H3. The number of Topliss-reactive ketones (excluding diaryl/α,β-unsaturated/α-hetero) is 1. The summed E-state index contributed by atoms with van der Waals surface area (Å²) in [6, 6.07) is 0. The van der Waals surface area contributed by atoms with Crippen molar-refractivity contribution in [2.24, 2.45) is 11.8 Å². The van der Waals surface area contributed by atoms with Crippen molar-refractivity contribution in [1.82, 2.24) is 0 Å². The van der Waals surface area contributed by atoms with Crippen LogP contribution in [0.3, 0.4) is 0 Å². The largest absolute Gasteiger partial charge is 0.465 e. The van der Waals surface area contributed by atoms with Crippen molar-refractivity contribution in [1.29, 1.82) is 0 Å². The van der Waals surface area contributed by atoms with Crippen molar-refractivity contribution in [2.75, 3.05) is 6.61 Å². The van der Waals surface area contributed by atoms with E-state index in [9.17, 15) is 9.59 Å². The molecule has 3 heteroatoms. The van der Waals surface area contributed by atoms with Crippen molar-refractivity contribution in [3.63, 3.8) is 0 Å². The zero-order valence-corrected chi connectivity index (χ0v) is 8.21. The summed E-state index contributed by atoms with van der Waals surface area (Å²) in [5, 5.41) is 0. The molecule has 74 valence electrons. The number of hydrogen-bond donors (Lipinski definition) is 0. The molecule has 0 N–H and O–H groups in total. The second-order valence-electron chi connectivity index (χ2n) is 3.59. The minimum absolute atomic E-state index is 0.0645. The van der Waals surface area contributed by atoms with Crippen molar-refractivity contribution in [3.05, 3.63) is 0 Å². The zero-order valence-electron chi connectivity index (χ0n) is 8.21.